The van der Waals surface area contributed by atoms with Crippen LogP contribution < -0.4 is 4.74 Å². The molecule has 1 aliphatic rings. The molecule has 0 N–H and O–H groups in total. The van der Waals surface area contributed by atoms with Gasteiger partial charge >= 0.3 is 0 Å². The van der Waals surface area contributed by atoms with Crippen molar-refractivity contribution < 1.29 is 4.74 Å². The summed E-state index contributed by atoms with van der Waals surface area (Å²) in [6.07, 6.45) is 3.86. The van der Waals surface area contributed by atoms with Gasteiger partial charge in [-0.1, -0.05) is 12.1 Å². The summed E-state index contributed by atoms with van der Waals surface area (Å²) in [5.41, 5.74) is 5.30. The van der Waals surface area contributed by atoms with E-state index in [1.807, 2.05) is 6.08 Å². The molecule has 86 valence electrons. The molecular weight excluding hydrogens is 196 g/mol. The topological polar surface area (TPSA) is 9.23 Å². The van der Waals surface area contributed by atoms with Crippen LogP contribution in [0, 0.1) is 13.8 Å². The van der Waals surface area contributed by atoms with E-state index in [-0.39, 0.29) is 5.60 Å². The van der Waals surface area contributed by atoms with Crippen molar-refractivity contribution in [2.24, 2.45) is 0 Å². The van der Waals surface area contributed by atoms with Gasteiger partial charge < -0.3 is 4.74 Å². The molecule has 16 heavy (non-hydrogen) atoms. The average Bonchev–Trinajstić information content (AvgIpc) is 2.49. The standard InChI is InChI=1S/C15H20O/c1-6-7-12-10(2)8-11(3)13-9-15(4,5)16-14(12)13/h6,8H,1,7,9H2,2-5H3. The number of ether oxygens (including phenoxy) is 1. The van der Waals surface area contributed by atoms with Crippen LogP contribution in [0.25, 0.3) is 0 Å². The first-order chi connectivity index (χ1) is 7.44. The molecule has 0 aromatic heterocycles. The fourth-order valence-electron chi connectivity index (χ4n) is 2.52. The van der Waals surface area contributed by atoms with Gasteiger partial charge in [0.25, 0.3) is 0 Å². The molecule has 0 bridgehead atoms. The molecule has 0 amide bonds. The van der Waals surface area contributed by atoms with Crippen molar-refractivity contribution in [1.29, 1.82) is 0 Å². The Morgan fingerprint density at radius 1 is 1.38 bits per heavy atom. The Hall–Kier alpha value is -1.24. The van der Waals surface area contributed by atoms with E-state index < -0.39 is 0 Å². The monoisotopic (exact) mass is 216 g/mol. The number of hydrogen-bond donors (Lipinski definition) is 0. The minimum Gasteiger partial charge on any atom is -0.487 e. The van der Waals surface area contributed by atoms with Gasteiger partial charge in [-0.25, -0.2) is 0 Å². The van der Waals surface area contributed by atoms with E-state index in [4.69, 9.17) is 4.74 Å². The number of fused-ring (bicyclic) bond motifs is 1. The summed E-state index contributed by atoms with van der Waals surface area (Å²) in [7, 11) is 0. The second-order valence-electron chi connectivity index (χ2n) is 5.33. The van der Waals surface area contributed by atoms with Crippen LogP contribution in [0.15, 0.2) is 18.7 Å². The number of aryl methyl sites for hydroxylation is 2. The predicted molar refractivity (Wildman–Crippen MR) is 68.2 cm³/mol. The van der Waals surface area contributed by atoms with E-state index in [1.54, 1.807) is 0 Å². The van der Waals surface area contributed by atoms with Gasteiger partial charge in [0.15, 0.2) is 0 Å². The Morgan fingerprint density at radius 2 is 2.06 bits per heavy atom. The maximum Gasteiger partial charge on any atom is 0.127 e. The van der Waals surface area contributed by atoms with E-state index in [1.165, 1.54) is 22.3 Å². The molecule has 1 aliphatic heterocycles. The SMILES string of the molecule is C=CCc1c(C)cc(C)c2c1OC(C)(C)C2. The first-order valence-corrected chi connectivity index (χ1v) is 5.86. The maximum atomic E-state index is 6.09. The van der Waals surface area contributed by atoms with Gasteiger partial charge in [-0.05, 0) is 45.2 Å². The van der Waals surface area contributed by atoms with Crippen molar-refractivity contribution in [3.05, 3.63) is 41.0 Å². The summed E-state index contributed by atoms with van der Waals surface area (Å²) in [6, 6.07) is 2.27. The first-order valence-electron chi connectivity index (χ1n) is 5.86. The third kappa shape index (κ3) is 1.75. The molecule has 1 aromatic carbocycles. The molecule has 0 saturated heterocycles. The molecule has 0 aliphatic carbocycles. The van der Waals surface area contributed by atoms with E-state index in [0.29, 0.717) is 0 Å². The Bertz CT molecular complexity index is 441. The summed E-state index contributed by atoms with van der Waals surface area (Å²) in [5.74, 6) is 1.11. The highest BCUT2D eigenvalue weighted by molar-refractivity contribution is 5.54. The number of benzene rings is 1. The fourth-order valence-corrected chi connectivity index (χ4v) is 2.52. The molecule has 0 spiro atoms. The molecule has 0 radical (unpaired) electrons. The van der Waals surface area contributed by atoms with Crippen molar-refractivity contribution in [3.63, 3.8) is 0 Å². The summed E-state index contributed by atoms with van der Waals surface area (Å²) in [6.45, 7) is 12.5. The number of rotatable bonds is 2. The zero-order valence-electron chi connectivity index (χ0n) is 10.7. The lowest BCUT2D eigenvalue weighted by Gasteiger charge is -2.18. The van der Waals surface area contributed by atoms with Gasteiger partial charge in [0.1, 0.15) is 11.4 Å². The molecule has 0 atom stereocenters. The van der Waals surface area contributed by atoms with E-state index >= 15 is 0 Å². The molecule has 1 aromatic rings. The van der Waals surface area contributed by atoms with Crippen LogP contribution in [0.5, 0.6) is 5.75 Å². The van der Waals surface area contributed by atoms with E-state index in [9.17, 15) is 0 Å². The zero-order chi connectivity index (χ0) is 11.9. The number of allylic oxidation sites excluding steroid dienone is 1. The van der Waals surface area contributed by atoms with Crippen LogP contribution in [0.4, 0.5) is 0 Å². The van der Waals surface area contributed by atoms with Crippen LogP contribution in [0.3, 0.4) is 0 Å². The Balaban J connectivity index is 2.58. The molecule has 1 nitrogen and oxygen atoms in total. The van der Waals surface area contributed by atoms with Crippen LogP contribution in [0.2, 0.25) is 0 Å². The third-order valence-electron chi connectivity index (χ3n) is 3.26. The van der Waals surface area contributed by atoms with Crippen molar-refractivity contribution >= 4 is 0 Å². The first kappa shape index (κ1) is 11.3. The van der Waals surface area contributed by atoms with Gasteiger partial charge in [0.05, 0.1) is 0 Å². The van der Waals surface area contributed by atoms with Gasteiger partial charge in [-0.2, -0.15) is 0 Å². The lowest BCUT2D eigenvalue weighted by molar-refractivity contribution is 0.137. The quantitative estimate of drug-likeness (QED) is 0.684. The lowest BCUT2D eigenvalue weighted by Crippen LogP contribution is -2.25. The van der Waals surface area contributed by atoms with Crippen molar-refractivity contribution in [1.82, 2.24) is 0 Å². The highest BCUT2D eigenvalue weighted by atomic mass is 16.5. The molecule has 0 unspecified atom stereocenters. The molecule has 1 heterocycles. The van der Waals surface area contributed by atoms with E-state index in [2.05, 4.69) is 40.3 Å². The Morgan fingerprint density at radius 3 is 2.69 bits per heavy atom. The van der Waals surface area contributed by atoms with Crippen LogP contribution in [-0.4, -0.2) is 5.60 Å². The van der Waals surface area contributed by atoms with Gasteiger partial charge in [0, 0.05) is 17.5 Å². The second-order valence-corrected chi connectivity index (χ2v) is 5.33. The van der Waals surface area contributed by atoms with Crippen molar-refractivity contribution in [2.45, 2.75) is 46.1 Å². The van der Waals surface area contributed by atoms with Crippen LogP contribution in [-0.2, 0) is 12.8 Å². The van der Waals surface area contributed by atoms with Gasteiger partial charge in [0.2, 0.25) is 0 Å². The molecule has 2 rings (SSSR count). The summed E-state index contributed by atoms with van der Waals surface area (Å²) >= 11 is 0. The normalized spacial score (nSPS) is 16.8. The molecule has 0 fully saturated rings. The minimum atomic E-state index is -0.0587. The van der Waals surface area contributed by atoms with Gasteiger partial charge in [-0.3, -0.25) is 0 Å². The van der Waals surface area contributed by atoms with Gasteiger partial charge in [-0.15, -0.1) is 6.58 Å². The summed E-state index contributed by atoms with van der Waals surface area (Å²) < 4.78 is 6.09. The maximum absolute atomic E-state index is 6.09. The van der Waals surface area contributed by atoms with E-state index in [0.717, 1.165) is 18.6 Å². The summed E-state index contributed by atoms with van der Waals surface area (Å²) in [5, 5.41) is 0. The zero-order valence-corrected chi connectivity index (χ0v) is 10.7. The largest absolute Gasteiger partial charge is 0.487 e. The summed E-state index contributed by atoms with van der Waals surface area (Å²) in [4.78, 5) is 0. The molecular formula is C15H20O. The Kier molecular flexibility index (Phi) is 2.57. The van der Waals surface area contributed by atoms with Crippen molar-refractivity contribution in [2.75, 3.05) is 0 Å². The highest BCUT2D eigenvalue weighted by Crippen LogP contribution is 2.41. The predicted octanol–water partition coefficient (Wildman–Crippen LogP) is 3.75. The molecule has 0 saturated carbocycles. The minimum absolute atomic E-state index is 0.0587. The smallest absolute Gasteiger partial charge is 0.127 e. The molecule has 1 heteroatoms. The fraction of sp³-hybridized carbons (Fsp3) is 0.467. The number of hydrogen-bond acceptors (Lipinski definition) is 1. The van der Waals surface area contributed by atoms with Crippen molar-refractivity contribution in [3.8, 4) is 5.75 Å². The third-order valence-corrected chi connectivity index (χ3v) is 3.26. The average molecular weight is 216 g/mol. The second kappa shape index (κ2) is 3.65. The Labute approximate surface area is 98.1 Å². The van der Waals surface area contributed by atoms with Crippen LogP contribution >= 0.6 is 0 Å². The highest BCUT2D eigenvalue weighted by Gasteiger charge is 2.33. The van der Waals surface area contributed by atoms with Crippen LogP contribution in [0.1, 0.15) is 36.1 Å². The lowest BCUT2D eigenvalue weighted by atomic mass is 9.93.